The highest BCUT2D eigenvalue weighted by Gasteiger charge is 2.36. The number of aromatic nitrogens is 1. The van der Waals surface area contributed by atoms with Gasteiger partial charge in [-0.25, -0.2) is 4.98 Å². The van der Waals surface area contributed by atoms with Gasteiger partial charge in [0.25, 0.3) is 0 Å². The van der Waals surface area contributed by atoms with E-state index in [1.165, 1.54) is 6.42 Å². The Labute approximate surface area is 107 Å². The van der Waals surface area contributed by atoms with Crippen LogP contribution in [0.1, 0.15) is 31.2 Å². The molecular formula is C13H18N4O. The quantitative estimate of drug-likeness (QED) is 0.731. The number of pyridine rings is 1. The normalized spacial score (nSPS) is 16.7. The van der Waals surface area contributed by atoms with E-state index in [1.807, 2.05) is 0 Å². The molecule has 2 rings (SSSR count). The number of anilines is 2. The van der Waals surface area contributed by atoms with Crippen LogP contribution in [0.3, 0.4) is 0 Å². The molecule has 96 valence electrons. The molecule has 0 radical (unpaired) electrons. The number of nitrogens with zero attached hydrogens (tertiary/aromatic N) is 2. The third-order valence-electron chi connectivity index (χ3n) is 3.80. The van der Waals surface area contributed by atoms with Gasteiger partial charge >= 0.3 is 0 Å². The van der Waals surface area contributed by atoms with Gasteiger partial charge in [-0.15, -0.1) is 0 Å². The number of hydrogen-bond donors (Lipinski definition) is 3. The molecule has 0 unspecified atom stereocenters. The predicted octanol–water partition coefficient (Wildman–Crippen LogP) is 1.50. The summed E-state index contributed by atoms with van der Waals surface area (Å²) in [5.74, 6) is 0.257. The van der Waals surface area contributed by atoms with Crippen LogP contribution in [0.15, 0.2) is 12.3 Å². The van der Waals surface area contributed by atoms with E-state index in [2.05, 4.69) is 16.4 Å². The first-order chi connectivity index (χ1) is 8.71. The zero-order chi connectivity index (χ0) is 13.0. The first kappa shape index (κ1) is 12.7. The third kappa shape index (κ3) is 2.39. The minimum Gasteiger partial charge on any atom is -0.396 e. The van der Waals surface area contributed by atoms with Crippen molar-refractivity contribution in [3.05, 3.63) is 17.8 Å². The van der Waals surface area contributed by atoms with E-state index in [1.54, 1.807) is 12.3 Å². The molecule has 4 N–H and O–H groups in total. The second kappa shape index (κ2) is 5.23. The van der Waals surface area contributed by atoms with Crippen molar-refractivity contribution in [2.75, 3.05) is 24.2 Å². The summed E-state index contributed by atoms with van der Waals surface area (Å²) >= 11 is 0. The molecule has 5 nitrogen and oxygen atoms in total. The molecule has 0 aliphatic heterocycles. The summed E-state index contributed by atoms with van der Waals surface area (Å²) < 4.78 is 0. The minimum atomic E-state index is 0.180. The molecular weight excluding hydrogens is 228 g/mol. The van der Waals surface area contributed by atoms with E-state index in [-0.39, 0.29) is 17.8 Å². The second-order valence-electron chi connectivity index (χ2n) is 4.91. The molecule has 5 heteroatoms. The monoisotopic (exact) mass is 246 g/mol. The van der Waals surface area contributed by atoms with Crippen molar-refractivity contribution in [2.24, 2.45) is 5.41 Å². The number of nitrogen functional groups attached to an aromatic ring is 1. The van der Waals surface area contributed by atoms with Crippen molar-refractivity contribution < 1.29 is 5.11 Å². The number of rotatable bonds is 5. The zero-order valence-electron chi connectivity index (χ0n) is 10.3. The molecule has 0 aromatic carbocycles. The number of nitriles is 1. The Kier molecular flexibility index (Phi) is 3.68. The molecule has 1 fully saturated rings. The minimum absolute atomic E-state index is 0.180. The van der Waals surface area contributed by atoms with Crippen LogP contribution in [0.2, 0.25) is 0 Å². The number of nitrogens with one attached hydrogen (secondary N) is 1. The summed E-state index contributed by atoms with van der Waals surface area (Å²) in [4.78, 5) is 3.90. The Balaban J connectivity index is 2.06. The summed E-state index contributed by atoms with van der Waals surface area (Å²) in [5.41, 5.74) is 6.97. The molecule has 0 spiro atoms. The SMILES string of the molecule is N#Cc1c(NCC2(CCO)CCC2)ccnc1N. The van der Waals surface area contributed by atoms with Crippen LogP contribution >= 0.6 is 0 Å². The maximum absolute atomic E-state index is 9.10. The summed E-state index contributed by atoms with van der Waals surface area (Å²) in [6.45, 7) is 0.983. The first-order valence-corrected chi connectivity index (χ1v) is 6.20. The predicted molar refractivity (Wildman–Crippen MR) is 69.8 cm³/mol. The van der Waals surface area contributed by atoms with Crippen LogP contribution < -0.4 is 11.1 Å². The van der Waals surface area contributed by atoms with Gasteiger partial charge < -0.3 is 16.2 Å². The maximum Gasteiger partial charge on any atom is 0.143 e. The lowest BCUT2D eigenvalue weighted by molar-refractivity contribution is 0.102. The summed E-state index contributed by atoms with van der Waals surface area (Å²) in [6.07, 6.45) is 5.87. The maximum atomic E-state index is 9.10. The van der Waals surface area contributed by atoms with Crippen LogP contribution in [0, 0.1) is 16.7 Å². The molecule has 0 atom stereocenters. The van der Waals surface area contributed by atoms with Gasteiger partial charge in [0.2, 0.25) is 0 Å². The Morgan fingerprint density at radius 1 is 1.56 bits per heavy atom. The van der Waals surface area contributed by atoms with Gasteiger partial charge in [-0.2, -0.15) is 5.26 Å². The van der Waals surface area contributed by atoms with Crippen molar-refractivity contribution in [3.63, 3.8) is 0 Å². The van der Waals surface area contributed by atoms with Gasteiger partial charge in [-0.05, 0) is 30.7 Å². The average Bonchev–Trinajstić information content (AvgIpc) is 2.32. The summed E-state index contributed by atoms with van der Waals surface area (Å²) in [7, 11) is 0. The molecule has 1 aliphatic rings. The van der Waals surface area contributed by atoms with Crippen LogP contribution in [-0.4, -0.2) is 23.2 Å². The van der Waals surface area contributed by atoms with Crippen LogP contribution in [0.25, 0.3) is 0 Å². The number of aliphatic hydroxyl groups excluding tert-OH is 1. The fraction of sp³-hybridized carbons (Fsp3) is 0.538. The van der Waals surface area contributed by atoms with Crippen LogP contribution in [-0.2, 0) is 0 Å². The van der Waals surface area contributed by atoms with Crippen LogP contribution in [0.4, 0.5) is 11.5 Å². The lowest BCUT2D eigenvalue weighted by Crippen LogP contribution is -2.37. The van der Waals surface area contributed by atoms with Gasteiger partial charge in [0.15, 0.2) is 0 Å². The van der Waals surface area contributed by atoms with Gasteiger partial charge in [0, 0.05) is 19.3 Å². The molecule has 1 heterocycles. The molecule has 1 aromatic heterocycles. The Bertz CT molecular complexity index is 463. The molecule has 1 saturated carbocycles. The molecule has 0 bridgehead atoms. The van der Waals surface area contributed by atoms with E-state index >= 15 is 0 Å². The first-order valence-electron chi connectivity index (χ1n) is 6.20. The lowest BCUT2D eigenvalue weighted by atomic mass is 9.66. The highest BCUT2D eigenvalue weighted by molar-refractivity contribution is 5.66. The van der Waals surface area contributed by atoms with Crippen molar-refractivity contribution in [3.8, 4) is 6.07 Å². The highest BCUT2D eigenvalue weighted by atomic mass is 16.3. The Morgan fingerprint density at radius 3 is 2.89 bits per heavy atom. The molecule has 1 aliphatic carbocycles. The largest absolute Gasteiger partial charge is 0.396 e. The fourth-order valence-electron chi connectivity index (χ4n) is 2.45. The van der Waals surface area contributed by atoms with Crippen molar-refractivity contribution in [1.29, 1.82) is 5.26 Å². The van der Waals surface area contributed by atoms with Crippen molar-refractivity contribution >= 4 is 11.5 Å². The molecule has 18 heavy (non-hydrogen) atoms. The number of hydrogen-bond acceptors (Lipinski definition) is 5. The van der Waals surface area contributed by atoms with Gasteiger partial charge in [-0.1, -0.05) is 6.42 Å². The lowest BCUT2D eigenvalue weighted by Gasteiger charge is -2.42. The third-order valence-corrected chi connectivity index (χ3v) is 3.80. The fourth-order valence-corrected chi connectivity index (χ4v) is 2.45. The topological polar surface area (TPSA) is 95.0 Å². The van der Waals surface area contributed by atoms with Crippen LogP contribution in [0.5, 0.6) is 0 Å². The molecule has 1 aromatic rings. The smallest absolute Gasteiger partial charge is 0.143 e. The summed E-state index contributed by atoms with van der Waals surface area (Å²) in [5, 5.41) is 21.4. The molecule has 0 saturated heterocycles. The van der Waals surface area contributed by atoms with Crippen molar-refractivity contribution in [2.45, 2.75) is 25.7 Å². The van der Waals surface area contributed by atoms with E-state index in [0.717, 1.165) is 31.5 Å². The summed E-state index contributed by atoms with van der Waals surface area (Å²) in [6, 6.07) is 3.83. The van der Waals surface area contributed by atoms with E-state index < -0.39 is 0 Å². The Hall–Kier alpha value is -1.80. The van der Waals surface area contributed by atoms with E-state index in [0.29, 0.717) is 5.56 Å². The average molecular weight is 246 g/mol. The highest BCUT2D eigenvalue weighted by Crippen LogP contribution is 2.43. The second-order valence-corrected chi connectivity index (χ2v) is 4.91. The zero-order valence-corrected chi connectivity index (χ0v) is 10.3. The van der Waals surface area contributed by atoms with Gasteiger partial charge in [0.05, 0.1) is 5.69 Å². The van der Waals surface area contributed by atoms with Crippen molar-refractivity contribution in [1.82, 2.24) is 4.98 Å². The van der Waals surface area contributed by atoms with E-state index in [4.69, 9.17) is 16.1 Å². The van der Waals surface area contributed by atoms with Gasteiger partial charge in [0.1, 0.15) is 17.5 Å². The number of nitrogens with two attached hydrogens (primary N) is 1. The standard InChI is InChI=1S/C13H18N4O/c14-8-10-11(2-6-16-12(10)15)17-9-13(5-7-18)3-1-4-13/h2,6,18H,1,3-5,7,9H2,(H3,15,16,17). The Morgan fingerprint density at radius 2 is 2.33 bits per heavy atom. The number of aliphatic hydroxyl groups is 1. The van der Waals surface area contributed by atoms with Gasteiger partial charge in [-0.3, -0.25) is 0 Å². The van der Waals surface area contributed by atoms with E-state index in [9.17, 15) is 0 Å². The molecule has 0 amide bonds.